The highest BCUT2D eigenvalue weighted by atomic mass is 16.1. The Labute approximate surface area is 104 Å². The third-order valence-electron chi connectivity index (χ3n) is 4.12. The number of carbonyl (C=O) groups excluding carboxylic acids is 1. The van der Waals surface area contributed by atoms with Gasteiger partial charge in [0.05, 0.1) is 0 Å². The quantitative estimate of drug-likeness (QED) is 0.680. The van der Waals surface area contributed by atoms with Gasteiger partial charge in [0.2, 0.25) is 0 Å². The van der Waals surface area contributed by atoms with Gasteiger partial charge in [0.25, 0.3) is 0 Å². The van der Waals surface area contributed by atoms with Crippen molar-refractivity contribution in [1.82, 2.24) is 0 Å². The first-order valence-corrected chi connectivity index (χ1v) is 6.59. The first-order valence-electron chi connectivity index (χ1n) is 6.59. The smallest absolute Gasteiger partial charge is 0.160 e. The van der Waals surface area contributed by atoms with Crippen LogP contribution < -0.4 is 0 Å². The predicted molar refractivity (Wildman–Crippen MR) is 71.4 cm³/mol. The van der Waals surface area contributed by atoms with Crippen LogP contribution in [0.2, 0.25) is 0 Å². The van der Waals surface area contributed by atoms with Crippen molar-refractivity contribution in [1.29, 1.82) is 0 Å². The van der Waals surface area contributed by atoms with Crippen LogP contribution in [0.1, 0.15) is 68.3 Å². The minimum absolute atomic E-state index is 0.199. The van der Waals surface area contributed by atoms with Crippen LogP contribution in [-0.4, -0.2) is 5.78 Å². The SMILES string of the molecule is CC(=O)c1ccccc1C1CCC(C)(C)CC1. The van der Waals surface area contributed by atoms with Crippen LogP contribution in [0.15, 0.2) is 24.3 Å². The second-order valence-corrected chi connectivity index (χ2v) is 6.08. The maximum absolute atomic E-state index is 11.6. The lowest BCUT2D eigenvalue weighted by atomic mass is 9.70. The largest absolute Gasteiger partial charge is 0.295 e. The topological polar surface area (TPSA) is 17.1 Å². The summed E-state index contributed by atoms with van der Waals surface area (Å²) in [5.41, 5.74) is 2.69. The second-order valence-electron chi connectivity index (χ2n) is 6.08. The Hall–Kier alpha value is -1.11. The molecule has 1 nitrogen and oxygen atoms in total. The van der Waals surface area contributed by atoms with Crippen LogP contribution >= 0.6 is 0 Å². The lowest BCUT2D eigenvalue weighted by molar-refractivity contribution is 0.101. The van der Waals surface area contributed by atoms with Gasteiger partial charge >= 0.3 is 0 Å². The third-order valence-corrected chi connectivity index (χ3v) is 4.12. The summed E-state index contributed by atoms with van der Waals surface area (Å²) in [6.07, 6.45) is 4.97. The molecule has 0 atom stereocenters. The summed E-state index contributed by atoms with van der Waals surface area (Å²) in [7, 11) is 0. The molecular formula is C16H22O. The van der Waals surface area contributed by atoms with Crippen LogP contribution in [0.3, 0.4) is 0 Å². The maximum atomic E-state index is 11.6. The first kappa shape index (κ1) is 12.3. The van der Waals surface area contributed by atoms with Gasteiger partial charge in [-0.15, -0.1) is 0 Å². The van der Waals surface area contributed by atoms with Crippen LogP contribution in [0.25, 0.3) is 0 Å². The van der Waals surface area contributed by atoms with Gasteiger partial charge in [-0.2, -0.15) is 0 Å². The zero-order valence-corrected chi connectivity index (χ0v) is 11.1. The van der Waals surface area contributed by atoms with E-state index in [1.54, 1.807) is 6.92 Å². The number of carbonyl (C=O) groups is 1. The molecule has 1 aliphatic carbocycles. The van der Waals surface area contributed by atoms with E-state index >= 15 is 0 Å². The minimum Gasteiger partial charge on any atom is -0.295 e. The van der Waals surface area contributed by atoms with Gasteiger partial charge in [-0.05, 0) is 49.5 Å². The predicted octanol–water partition coefficient (Wildman–Crippen LogP) is 4.57. The average Bonchev–Trinajstić information content (AvgIpc) is 2.29. The number of Topliss-reactive ketones (excluding diaryl/α,β-unsaturated/α-hetero) is 1. The summed E-state index contributed by atoms with van der Waals surface area (Å²) in [6, 6.07) is 8.13. The van der Waals surface area contributed by atoms with Gasteiger partial charge in [0.1, 0.15) is 0 Å². The van der Waals surface area contributed by atoms with E-state index in [1.807, 2.05) is 12.1 Å². The molecule has 0 aromatic heterocycles. The fourth-order valence-electron chi connectivity index (χ4n) is 2.88. The Morgan fingerprint density at radius 1 is 1.18 bits per heavy atom. The van der Waals surface area contributed by atoms with E-state index in [0.29, 0.717) is 11.3 Å². The molecule has 1 aliphatic rings. The van der Waals surface area contributed by atoms with Crippen molar-refractivity contribution in [3.63, 3.8) is 0 Å². The van der Waals surface area contributed by atoms with Gasteiger partial charge in [0, 0.05) is 5.56 Å². The summed E-state index contributed by atoms with van der Waals surface area (Å²) in [6.45, 7) is 6.37. The van der Waals surface area contributed by atoms with E-state index in [4.69, 9.17) is 0 Å². The molecular weight excluding hydrogens is 208 g/mol. The Kier molecular flexibility index (Phi) is 3.37. The van der Waals surface area contributed by atoms with Gasteiger partial charge in [-0.25, -0.2) is 0 Å². The molecule has 1 aromatic carbocycles. The van der Waals surface area contributed by atoms with Crippen molar-refractivity contribution < 1.29 is 4.79 Å². The average molecular weight is 230 g/mol. The fraction of sp³-hybridized carbons (Fsp3) is 0.562. The number of hydrogen-bond donors (Lipinski definition) is 0. The van der Waals surface area contributed by atoms with Gasteiger partial charge in [0.15, 0.2) is 5.78 Å². The van der Waals surface area contributed by atoms with Gasteiger partial charge in [-0.3, -0.25) is 4.79 Å². The molecule has 0 amide bonds. The molecule has 1 aromatic rings. The molecule has 0 aliphatic heterocycles. The Morgan fingerprint density at radius 2 is 1.76 bits per heavy atom. The number of ketones is 1. The molecule has 0 radical (unpaired) electrons. The Balaban J connectivity index is 2.21. The molecule has 17 heavy (non-hydrogen) atoms. The van der Waals surface area contributed by atoms with Crippen LogP contribution in [0.4, 0.5) is 0 Å². The van der Waals surface area contributed by atoms with E-state index in [0.717, 1.165) is 5.56 Å². The molecule has 0 spiro atoms. The maximum Gasteiger partial charge on any atom is 0.160 e. The molecule has 1 heteroatoms. The van der Waals surface area contributed by atoms with E-state index in [1.165, 1.54) is 31.2 Å². The molecule has 0 saturated heterocycles. The highest BCUT2D eigenvalue weighted by Gasteiger charge is 2.28. The molecule has 1 fully saturated rings. The second kappa shape index (κ2) is 4.64. The standard InChI is InChI=1S/C16H22O/c1-12(17)14-6-4-5-7-15(14)13-8-10-16(2,3)11-9-13/h4-7,13H,8-11H2,1-3H3. The lowest BCUT2D eigenvalue weighted by Gasteiger charge is -2.35. The normalized spacial score (nSPS) is 20.2. The summed E-state index contributed by atoms with van der Waals surface area (Å²) < 4.78 is 0. The van der Waals surface area contributed by atoms with Crippen molar-refractivity contribution in [2.45, 2.75) is 52.4 Å². The fourth-order valence-corrected chi connectivity index (χ4v) is 2.88. The highest BCUT2D eigenvalue weighted by Crippen LogP contribution is 2.43. The lowest BCUT2D eigenvalue weighted by Crippen LogP contribution is -2.21. The number of hydrogen-bond acceptors (Lipinski definition) is 1. The first-order chi connectivity index (χ1) is 7.99. The molecule has 1 saturated carbocycles. The van der Waals surface area contributed by atoms with E-state index < -0.39 is 0 Å². The van der Waals surface area contributed by atoms with E-state index in [9.17, 15) is 4.79 Å². The molecule has 2 rings (SSSR count). The Morgan fingerprint density at radius 3 is 2.35 bits per heavy atom. The minimum atomic E-state index is 0.199. The Bertz CT molecular complexity index is 407. The van der Waals surface area contributed by atoms with Crippen LogP contribution in [0, 0.1) is 5.41 Å². The molecule has 0 N–H and O–H groups in total. The number of rotatable bonds is 2. The molecule has 0 heterocycles. The summed E-state index contributed by atoms with van der Waals surface area (Å²) in [5.74, 6) is 0.786. The molecule has 0 bridgehead atoms. The highest BCUT2D eigenvalue weighted by molar-refractivity contribution is 5.95. The van der Waals surface area contributed by atoms with Gasteiger partial charge in [-0.1, -0.05) is 38.1 Å². The number of benzene rings is 1. The summed E-state index contributed by atoms with van der Waals surface area (Å²) >= 11 is 0. The van der Waals surface area contributed by atoms with Gasteiger partial charge < -0.3 is 0 Å². The molecule has 92 valence electrons. The van der Waals surface area contributed by atoms with E-state index in [-0.39, 0.29) is 5.78 Å². The van der Waals surface area contributed by atoms with Crippen LogP contribution in [-0.2, 0) is 0 Å². The molecule has 0 unspecified atom stereocenters. The van der Waals surface area contributed by atoms with E-state index in [2.05, 4.69) is 26.0 Å². The van der Waals surface area contributed by atoms with Crippen molar-refractivity contribution in [3.8, 4) is 0 Å². The summed E-state index contributed by atoms with van der Waals surface area (Å²) in [4.78, 5) is 11.6. The zero-order valence-electron chi connectivity index (χ0n) is 11.1. The third kappa shape index (κ3) is 2.77. The monoisotopic (exact) mass is 230 g/mol. The van der Waals surface area contributed by atoms with Crippen molar-refractivity contribution in [2.24, 2.45) is 5.41 Å². The van der Waals surface area contributed by atoms with Crippen LogP contribution in [0.5, 0.6) is 0 Å². The summed E-state index contributed by atoms with van der Waals surface area (Å²) in [5, 5.41) is 0. The van der Waals surface area contributed by atoms with Crippen molar-refractivity contribution in [2.75, 3.05) is 0 Å². The van der Waals surface area contributed by atoms with Crippen molar-refractivity contribution >= 4 is 5.78 Å². The zero-order chi connectivity index (χ0) is 12.5. The van der Waals surface area contributed by atoms with Crippen molar-refractivity contribution in [3.05, 3.63) is 35.4 Å².